The van der Waals surface area contributed by atoms with Gasteiger partial charge in [-0.15, -0.1) is 12.3 Å². The first kappa shape index (κ1) is 14.5. The minimum atomic E-state index is -3.60. The van der Waals surface area contributed by atoms with Crippen LogP contribution in [0.5, 0.6) is 0 Å². The molecule has 94 valence electrons. The third kappa shape index (κ3) is 3.75. The summed E-state index contributed by atoms with van der Waals surface area (Å²) in [6.07, 6.45) is 6.15. The Morgan fingerprint density at radius 3 is 2.72 bits per heavy atom. The third-order valence-corrected chi connectivity index (χ3v) is 3.93. The van der Waals surface area contributed by atoms with Crippen molar-refractivity contribution in [1.29, 1.82) is 5.26 Å². The molecule has 0 aliphatic carbocycles. The summed E-state index contributed by atoms with van der Waals surface area (Å²) in [7, 11) is -3.60. The Balaban J connectivity index is 2.84. The molecule has 0 radical (unpaired) electrons. The number of hydrogen-bond acceptors (Lipinski definition) is 3. The van der Waals surface area contributed by atoms with Gasteiger partial charge in [0.25, 0.3) is 0 Å². The zero-order chi connectivity index (χ0) is 13.6. The predicted octanol–water partition coefficient (Wildman–Crippen LogP) is 1.90. The number of benzene rings is 1. The van der Waals surface area contributed by atoms with Crippen molar-refractivity contribution in [3.05, 3.63) is 28.8 Å². The normalized spacial score (nSPS) is 10.6. The van der Waals surface area contributed by atoms with Gasteiger partial charge in [-0.05, 0) is 24.6 Å². The van der Waals surface area contributed by atoms with Gasteiger partial charge in [0.15, 0.2) is 0 Å². The Labute approximate surface area is 112 Å². The number of nitrogens with zero attached hydrogens (tertiary/aromatic N) is 1. The third-order valence-electron chi connectivity index (χ3n) is 2.16. The number of hydrogen-bond donors (Lipinski definition) is 1. The van der Waals surface area contributed by atoms with Crippen molar-refractivity contribution in [1.82, 2.24) is 4.72 Å². The molecule has 0 fully saturated rings. The van der Waals surface area contributed by atoms with Gasteiger partial charge in [0.1, 0.15) is 6.07 Å². The summed E-state index contributed by atoms with van der Waals surface area (Å²) in [6.45, 7) is 0.268. The van der Waals surface area contributed by atoms with Gasteiger partial charge in [0.05, 0.1) is 15.5 Å². The predicted molar refractivity (Wildman–Crippen MR) is 69.4 cm³/mol. The van der Waals surface area contributed by atoms with Crippen LogP contribution < -0.4 is 4.72 Å². The molecule has 0 amide bonds. The lowest BCUT2D eigenvalue weighted by molar-refractivity contribution is 0.579. The molecule has 4 nitrogen and oxygen atoms in total. The highest BCUT2D eigenvalue weighted by Gasteiger charge is 2.14. The van der Waals surface area contributed by atoms with Crippen molar-refractivity contribution in [2.75, 3.05) is 6.54 Å². The van der Waals surface area contributed by atoms with Crippen molar-refractivity contribution in [2.24, 2.45) is 0 Å². The number of unbranched alkanes of at least 4 members (excludes halogenated alkanes) is 1. The van der Waals surface area contributed by atoms with Crippen LogP contribution in [0.2, 0.25) is 5.02 Å². The van der Waals surface area contributed by atoms with E-state index in [1.54, 1.807) is 0 Å². The Morgan fingerprint density at radius 1 is 1.44 bits per heavy atom. The lowest BCUT2D eigenvalue weighted by Crippen LogP contribution is -2.24. The van der Waals surface area contributed by atoms with Gasteiger partial charge < -0.3 is 0 Å². The van der Waals surface area contributed by atoms with E-state index in [2.05, 4.69) is 10.6 Å². The van der Waals surface area contributed by atoms with Crippen molar-refractivity contribution < 1.29 is 8.42 Å². The molecule has 0 spiro atoms. The van der Waals surface area contributed by atoms with E-state index in [0.717, 1.165) is 0 Å². The molecule has 0 heterocycles. The largest absolute Gasteiger partial charge is 0.240 e. The van der Waals surface area contributed by atoms with E-state index in [4.69, 9.17) is 23.3 Å². The van der Waals surface area contributed by atoms with Gasteiger partial charge in [0.2, 0.25) is 10.0 Å². The fourth-order valence-corrected chi connectivity index (χ4v) is 2.62. The maximum atomic E-state index is 11.8. The van der Waals surface area contributed by atoms with Crippen LogP contribution in [0.4, 0.5) is 0 Å². The molecule has 1 aromatic carbocycles. The van der Waals surface area contributed by atoms with Crippen molar-refractivity contribution in [3.63, 3.8) is 0 Å². The molecule has 0 aromatic heterocycles. The molecule has 0 aliphatic rings. The van der Waals surface area contributed by atoms with Gasteiger partial charge >= 0.3 is 0 Å². The van der Waals surface area contributed by atoms with Gasteiger partial charge in [0, 0.05) is 13.0 Å². The second kappa shape index (κ2) is 6.42. The summed E-state index contributed by atoms with van der Waals surface area (Å²) in [5, 5.41) is 8.81. The summed E-state index contributed by atoms with van der Waals surface area (Å²) in [4.78, 5) is 0.0345. The molecular weight excluding hydrogens is 272 g/mol. The maximum absolute atomic E-state index is 11.8. The van der Waals surface area contributed by atoms with Gasteiger partial charge in [-0.25, -0.2) is 13.1 Å². The average Bonchev–Trinajstić information content (AvgIpc) is 2.34. The van der Waals surface area contributed by atoms with Crippen molar-refractivity contribution in [2.45, 2.75) is 17.7 Å². The van der Waals surface area contributed by atoms with Crippen LogP contribution in [0.15, 0.2) is 23.1 Å². The maximum Gasteiger partial charge on any atom is 0.240 e. The average molecular weight is 283 g/mol. The Hall–Kier alpha value is -1.53. The van der Waals surface area contributed by atoms with Gasteiger partial charge in [-0.1, -0.05) is 11.6 Å². The van der Waals surface area contributed by atoms with Crippen LogP contribution in [0.3, 0.4) is 0 Å². The fraction of sp³-hybridized carbons (Fsp3) is 0.250. The number of terminal acetylenes is 1. The van der Waals surface area contributed by atoms with E-state index in [-0.39, 0.29) is 22.0 Å². The fourth-order valence-electron chi connectivity index (χ4n) is 1.23. The monoisotopic (exact) mass is 282 g/mol. The van der Waals surface area contributed by atoms with Crippen LogP contribution in [0.25, 0.3) is 0 Å². The van der Waals surface area contributed by atoms with Crippen LogP contribution >= 0.6 is 11.6 Å². The van der Waals surface area contributed by atoms with Crippen molar-refractivity contribution in [3.8, 4) is 18.4 Å². The molecule has 1 aromatic rings. The lowest BCUT2D eigenvalue weighted by Gasteiger charge is -2.06. The molecule has 1 rings (SSSR count). The van der Waals surface area contributed by atoms with E-state index in [1.807, 2.05) is 6.07 Å². The molecule has 0 saturated heterocycles. The van der Waals surface area contributed by atoms with E-state index in [0.29, 0.717) is 12.8 Å². The summed E-state index contributed by atoms with van der Waals surface area (Å²) in [5.74, 6) is 2.43. The quantitative estimate of drug-likeness (QED) is 0.662. The Bertz CT molecular complexity index is 612. The number of halogens is 1. The number of sulfonamides is 1. The zero-order valence-electron chi connectivity index (χ0n) is 9.48. The summed E-state index contributed by atoms with van der Waals surface area (Å²) in [5.41, 5.74) is 0.239. The second-order valence-corrected chi connectivity index (χ2v) is 5.63. The van der Waals surface area contributed by atoms with Crippen LogP contribution in [-0.2, 0) is 10.0 Å². The summed E-state index contributed by atoms with van der Waals surface area (Å²) >= 11 is 5.78. The highest BCUT2D eigenvalue weighted by Crippen LogP contribution is 2.19. The highest BCUT2D eigenvalue weighted by molar-refractivity contribution is 7.89. The molecule has 6 heteroatoms. The highest BCUT2D eigenvalue weighted by atomic mass is 35.5. The van der Waals surface area contributed by atoms with Crippen molar-refractivity contribution >= 4 is 21.6 Å². The SMILES string of the molecule is C#CCCCNS(=O)(=O)c1ccc(C#N)c(Cl)c1. The topological polar surface area (TPSA) is 70.0 Å². The van der Waals surface area contributed by atoms with E-state index in [9.17, 15) is 8.42 Å². The van der Waals surface area contributed by atoms with Gasteiger partial charge in [-0.2, -0.15) is 5.26 Å². The number of rotatable bonds is 5. The van der Waals surface area contributed by atoms with Gasteiger partial charge in [-0.3, -0.25) is 0 Å². The first-order chi connectivity index (χ1) is 8.51. The van der Waals surface area contributed by atoms with Crippen LogP contribution in [0.1, 0.15) is 18.4 Å². The van der Waals surface area contributed by atoms with E-state index in [1.165, 1.54) is 18.2 Å². The molecule has 0 aliphatic heterocycles. The Kier molecular flexibility index (Phi) is 5.18. The van der Waals surface area contributed by atoms with Crippen LogP contribution in [0, 0.1) is 23.7 Å². The first-order valence-corrected chi connectivity index (χ1v) is 7.00. The molecule has 0 bridgehead atoms. The summed E-state index contributed by atoms with van der Waals surface area (Å²) < 4.78 is 26.1. The molecule has 0 atom stereocenters. The van der Waals surface area contributed by atoms with Crippen LogP contribution in [-0.4, -0.2) is 15.0 Å². The first-order valence-electron chi connectivity index (χ1n) is 5.14. The molecule has 0 unspecified atom stereocenters. The standard InChI is InChI=1S/C12H11ClN2O2S/c1-2-3-4-7-15-18(16,17)11-6-5-10(9-14)12(13)8-11/h1,5-6,8,15H,3-4,7H2. The van der Waals surface area contributed by atoms with E-state index < -0.39 is 10.0 Å². The Morgan fingerprint density at radius 2 is 2.17 bits per heavy atom. The lowest BCUT2D eigenvalue weighted by atomic mass is 10.2. The smallest absolute Gasteiger partial charge is 0.211 e. The molecule has 18 heavy (non-hydrogen) atoms. The second-order valence-electron chi connectivity index (χ2n) is 3.46. The number of nitriles is 1. The molecular formula is C12H11ClN2O2S. The minimum Gasteiger partial charge on any atom is -0.211 e. The molecule has 1 N–H and O–H groups in total. The molecule has 0 saturated carbocycles. The van der Waals surface area contributed by atoms with E-state index >= 15 is 0 Å². The zero-order valence-corrected chi connectivity index (χ0v) is 11.1. The summed E-state index contributed by atoms with van der Waals surface area (Å²) in [6, 6.07) is 5.83. The number of nitrogens with one attached hydrogen (secondary N) is 1. The minimum absolute atomic E-state index is 0.0345.